The molecule has 3 N–H and O–H groups in total. The highest BCUT2D eigenvalue weighted by atomic mass is 16.5. The number of H-pyrrole nitrogens is 1. The van der Waals surface area contributed by atoms with E-state index in [9.17, 15) is 10.1 Å². The topological polar surface area (TPSA) is 128 Å². The molecule has 1 amide bonds. The molecule has 3 aromatic rings. The Morgan fingerprint density at radius 2 is 2.31 bits per heavy atom. The maximum atomic E-state index is 12.9. The average Bonchev–Trinajstić information content (AvgIpc) is 3.22. The van der Waals surface area contributed by atoms with Crippen LogP contribution in [0.2, 0.25) is 0 Å². The number of methoxy groups -OCH3 is 1. The van der Waals surface area contributed by atoms with Crippen molar-refractivity contribution in [3.05, 3.63) is 35.7 Å². The summed E-state index contributed by atoms with van der Waals surface area (Å²) in [4.78, 5) is 26.6. The van der Waals surface area contributed by atoms with E-state index in [-0.39, 0.29) is 12.0 Å². The molecular weight excluding hydrogens is 410 g/mol. The van der Waals surface area contributed by atoms with E-state index in [4.69, 9.17) is 9.47 Å². The second kappa shape index (κ2) is 9.11. The number of fused-ring (bicyclic) bond motifs is 1. The third-order valence-corrected chi connectivity index (χ3v) is 5.22. The molecule has 1 aliphatic heterocycles. The van der Waals surface area contributed by atoms with Gasteiger partial charge in [0.25, 0.3) is 5.91 Å². The smallest absolute Gasteiger partial charge is 0.255 e. The van der Waals surface area contributed by atoms with E-state index in [0.29, 0.717) is 60.4 Å². The molecule has 1 saturated heterocycles. The molecule has 0 radical (unpaired) electrons. The van der Waals surface area contributed by atoms with Crippen molar-refractivity contribution in [2.45, 2.75) is 20.0 Å². The van der Waals surface area contributed by atoms with Gasteiger partial charge in [-0.15, -0.1) is 0 Å². The van der Waals surface area contributed by atoms with Gasteiger partial charge in [-0.1, -0.05) is 0 Å². The monoisotopic (exact) mass is 435 g/mol. The second-order valence-electron chi connectivity index (χ2n) is 7.46. The van der Waals surface area contributed by atoms with Crippen molar-refractivity contribution >= 4 is 34.3 Å². The van der Waals surface area contributed by atoms with Crippen LogP contribution in [0.4, 0.5) is 17.3 Å². The molecule has 0 aromatic carbocycles. The molecule has 10 heteroatoms. The number of hydrogen-bond acceptors (Lipinski definition) is 8. The van der Waals surface area contributed by atoms with Crippen LogP contribution in [0, 0.1) is 11.3 Å². The summed E-state index contributed by atoms with van der Waals surface area (Å²) in [6.07, 6.45) is 3.16. The van der Waals surface area contributed by atoms with Gasteiger partial charge in [0.05, 0.1) is 42.0 Å². The normalized spacial score (nSPS) is 15.9. The molecule has 1 atom stereocenters. The van der Waals surface area contributed by atoms with Gasteiger partial charge >= 0.3 is 0 Å². The molecule has 4 rings (SSSR count). The number of nitrogens with one attached hydrogen (secondary N) is 3. The summed E-state index contributed by atoms with van der Waals surface area (Å²) in [5.74, 6) is 1.27. The fourth-order valence-electron chi connectivity index (χ4n) is 3.73. The van der Waals surface area contributed by atoms with Crippen LogP contribution in [-0.2, 0) is 4.74 Å². The SMILES string of the molecule is CCNc1cc(Nc2ncc(C(=O)N3CCOC(C)C3)cc2OC)nc2[nH]cc(C#N)c12. The number of amides is 1. The molecule has 166 valence electrons. The third kappa shape index (κ3) is 4.15. The van der Waals surface area contributed by atoms with Gasteiger partial charge in [-0.2, -0.15) is 5.26 Å². The van der Waals surface area contributed by atoms with Crippen LogP contribution in [0.15, 0.2) is 24.5 Å². The summed E-state index contributed by atoms with van der Waals surface area (Å²) < 4.78 is 11.0. The Morgan fingerprint density at radius 3 is 3.03 bits per heavy atom. The Bertz CT molecular complexity index is 1180. The van der Waals surface area contributed by atoms with Crippen LogP contribution in [-0.4, -0.2) is 65.2 Å². The van der Waals surface area contributed by atoms with Crippen LogP contribution in [0.25, 0.3) is 11.0 Å². The van der Waals surface area contributed by atoms with Crippen molar-refractivity contribution in [2.75, 3.05) is 44.0 Å². The highest BCUT2D eigenvalue weighted by Crippen LogP contribution is 2.31. The second-order valence-corrected chi connectivity index (χ2v) is 7.46. The van der Waals surface area contributed by atoms with Gasteiger partial charge in [0.1, 0.15) is 17.5 Å². The van der Waals surface area contributed by atoms with Crippen molar-refractivity contribution in [1.82, 2.24) is 19.9 Å². The molecule has 1 unspecified atom stereocenters. The fourth-order valence-corrected chi connectivity index (χ4v) is 3.73. The van der Waals surface area contributed by atoms with E-state index < -0.39 is 0 Å². The molecule has 0 spiro atoms. The predicted octanol–water partition coefficient (Wildman–Crippen LogP) is 2.87. The van der Waals surface area contributed by atoms with E-state index in [1.807, 2.05) is 19.9 Å². The number of pyridine rings is 2. The summed E-state index contributed by atoms with van der Waals surface area (Å²) in [7, 11) is 1.53. The molecule has 1 fully saturated rings. The molecule has 0 aliphatic carbocycles. The lowest BCUT2D eigenvalue weighted by atomic mass is 10.2. The van der Waals surface area contributed by atoms with Crippen LogP contribution in [0.5, 0.6) is 5.75 Å². The summed E-state index contributed by atoms with van der Waals surface area (Å²) in [5, 5.41) is 16.5. The van der Waals surface area contributed by atoms with E-state index in [0.717, 1.165) is 11.1 Å². The van der Waals surface area contributed by atoms with Gasteiger partial charge in [-0.3, -0.25) is 4.79 Å². The van der Waals surface area contributed by atoms with Gasteiger partial charge < -0.3 is 30.0 Å². The lowest BCUT2D eigenvalue weighted by Crippen LogP contribution is -2.44. The van der Waals surface area contributed by atoms with Crippen LogP contribution in [0.3, 0.4) is 0 Å². The number of morpholine rings is 1. The Balaban J connectivity index is 1.62. The molecule has 32 heavy (non-hydrogen) atoms. The number of aromatic nitrogens is 3. The van der Waals surface area contributed by atoms with E-state index in [1.165, 1.54) is 13.3 Å². The molecule has 10 nitrogen and oxygen atoms in total. The first-order valence-electron chi connectivity index (χ1n) is 10.4. The van der Waals surface area contributed by atoms with Gasteiger partial charge in [-0.25, -0.2) is 9.97 Å². The zero-order chi connectivity index (χ0) is 22.7. The molecule has 1 aliphatic rings. The number of carbonyl (C=O) groups excluding carboxylic acids is 1. The Labute approximate surface area is 185 Å². The van der Waals surface area contributed by atoms with E-state index >= 15 is 0 Å². The number of aromatic amines is 1. The van der Waals surface area contributed by atoms with Crippen molar-refractivity contribution in [3.8, 4) is 11.8 Å². The summed E-state index contributed by atoms with van der Waals surface area (Å²) >= 11 is 0. The first-order chi connectivity index (χ1) is 15.5. The Morgan fingerprint density at radius 1 is 1.47 bits per heavy atom. The number of rotatable bonds is 6. The zero-order valence-electron chi connectivity index (χ0n) is 18.2. The maximum Gasteiger partial charge on any atom is 0.255 e. The van der Waals surface area contributed by atoms with Gasteiger partial charge in [0, 0.05) is 38.1 Å². The minimum Gasteiger partial charge on any atom is -0.493 e. The van der Waals surface area contributed by atoms with E-state index in [2.05, 4.69) is 31.7 Å². The van der Waals surface area contributed by atoms with Gasteiger partial charge in [0.2, 0.25) is 0 Å². The average molecular weight is 435 g/mol. The predicted molar refractivity (Wildman–Crippen MR) is 120 cm³/mol. The number of nitrogens with zero attached hydrogens (tertiary/aromatic N) is 4. The third-order valence-electron chi connectivity index (χ3n) is 5.22. The fraction of sp³-hybridized carbons (Fsp3) is 0.364. The largest absolute Gasteiger partial charge is 0.493 e. The molecule has 3 aromatic heterocycles. The lowest BCUT2D eigenvalue weighted by Gasteiger charge is -2.31. The molecule has 4 heterocycles. The number of nitriles is 1. The molecular formula is C22H25N7O3. The Kier molecular flexibility index (Phi) is 6.09. The zero-order valence-corrected chi connectivity index (χ0v) is 18.2. The number of carbonyl (C=O) groups is 1. The van der Waals surface area contributed by atoms with Crippen molar-refractivity contribution < 1.29 is 14.3 Å². The number of hydrogen-bond donors (Lipinski definition) is 3. The van der Waals surface area contributed by atoms with Crippen LogP contribution in [0.1, 0.15) is 29.8 Å². The quantitative estimate of drug-likeness (QED) is 0.539. The standard InChI is InChI=1S/C22H25N7O3/c1-4-24-16-8-18(28-21-19(16)15(9-23)11-26-21)27-20-17(31-3)7-14(10-25-20)22(30)29-5-6-32-13(2)12-29/h7-8,10-11,13H,4-6,12H2,1-3H3,(H3,24,25,26,27,28). The first kappa shape index (κ1) is 21.4. The highest BCUT2D eigenvalue weighted by Gasteiger charge is 2.24. The lowest BCUT2D eigenvalue weighted by molar-refractivity contribution is -0.0124. The van der Waals surface area contributed by atoms with Crippen molar-refractivity contribution in [1.29, 1.82) is 5.26 Å². The minimum atomic E-state index is -0.109. The van der Waals surface area contributed by atoms with Gasteiger partial charge in [0.15, 0.2) is 11.6 Å². The Hall–Kier alpha value is -3.84. The van der Waals surface area contributed by atoms with Gasteiger partial charge in [-0.05, 0) is 19.9 Å². The van der Waals surface area contributed by atoms with E-state index in [1.54, 1.807) is 17.2 Å². The highest BCUT2D eigenvalue weighted by molar-refractivity contribution is 5.97. The molecule has 0 bridgehead atoms. The summed E-state index contributed by atoms with van der Waals surface area (Å²) in [6, 6.07) is 5.66. The van der Waals surface area contributed by atoms with Crippen LogP contribution >= 0.6 is 0 Å². The number of anilines is 3. The summed E-state index contributed by atoms with van der Waals surface area (Å²) in [5.41, 5.74) is 2.33. The summed E-state index contributed by atoms with van der Waals surface area (Å²) in [6.45, 7) is 6.22. The molecule has 0 saturated carbocycles. The van der Waals surface area contributed by atoms with Crippen molar-refractivity contribution in [3.63, 3.8) is 0 Å². The maximum absolute atomic E-state index is 12.9. The van der Waals surface area contributed by atoms with Crippen LogP contribution < -0.4 is 15.4 Å². The first-order valence-corrected chi connectivity index (χ1v) is 10.4. The minimum absolute atomic E-state index is 0.00459. The number of ether oxygens (including phenoxy) is 2. The van der Waals surface area contributed by atoms with Crippen molar-refractivity contribution in [2.24, 2.45) is 0 Å².